The van der Waals surface area contributed by atoms with Gasteiger partial charge in [-0.25, -0.2) is 5.43 Å². The van der Waals surface area contributed by atoms with Crippen LogP contribution in [0.4, 0.5) is 36.4 Å². The smallest absolute Gasteiger partial charge is 0.462 e. The lowest BCUT2D eigenvalue weighted by molar-refractivity contribution is -0.386. The van der Waals surface area contributed by atoms with E-state index in [1.165, 1.54) is 0 Å². The number of nitrogens with zero attached hydrogens (tertiary/aromatic N) is 2. The van der Waals surface area contributed by atoms with Crippen LogP contribution in [0.25, 0.3) is 0 Å². The van der Waals surface area contributed by atoms with Crippen LogP contribution in [0.5, 0.6) is 5.75 Å². The highest BCUT2D eigenvalue weighted by Crippen LogP contribution is 2.45. The molecule has 0 amide bonds. The van der Waals surface area contributed by atoms with Crippen LogP contribution in [0.15, 0.2) is 46.0 Å². The molecule has 0 aliphatic rings. The lowest BCUT2D eigenvalue weighted by Gasteiger charge is -2.27. The summed E-state index contributed by atoms with van der Waals surface area (Å²) in [5.41, 5.74) is 0.0595. The lowest BCUT2D eigenvalue weighted by atomic mass is 10.2. The third kappa shape index (κ3) is 5.79. The van der Waals surface area contributed by atoms with Crippen molar-refractivity contribution in [3.8, 4) is 5.75 Å². The minimum absolute atomic E-state index is 0.0393. The zero-order chi connectivity index (χ0) is 24.3. The second-order valence-corrected chi connectivity index (χ2v) is 7.33. The topological polar surface area (TPSA) is 76.8 Å². The van der Waals surface area contributed by atoms with E-state index in [0.717, 1.165) is 12.1 Å². The second kappa shape index (κ2) is 9.48. The third-order valence-electron chi connectivity index (χ3n) is 3.68. The minimum Gasteiger partial charge on any atom is -0.481 e. The second-order valence-electron chi connectivity index (χ2n) is 6.04. The Bertz CT molecular complexity index is 1030. The molecule has 6 nitrogen and oxygen atoms in total. The molecule has 0 atom stereocenters. The van der Waals surface area contributed by atoms with Gasteiger partial charge in [0.15, 0.2) is 0 Å². The fourth-order valence-corrected chi connectivity index (χ4v) is 2.97. The quantitative estimate of drug-likeness (QED) is 0.137. The SMILES string of the molecule is O=[N+]([O-])c1cc(/C=N\NC(F)(F)C(F)(F)C(F)(F)F)cc(Br)c1OCc1cccc(Cl)c1. The molecule has 0 aliphatic carbocycles. The van der Waals surface area contributed by atoms with Crippen molar-refractivity contribution < 1.29 is 40.4 Å². The molecule has 0 saturated heterocycles. The molecule has 32 heavy (non-hydrogen) atoms. The lowest BCUT2D eigenvalue weighted by Crippen LogP contribution is -2.58. The van der Waals surface area contributed by atoms with E-state index in [9.17, 15) is 40.8 Å². The van der Waals surface area contributed by atoms with Gasteiger partial charge in [-0.2, -0.15) is 35.8 Å². The Morgan fingerprint density at radius 2 is 1.81 bits per heavy atom. The van der Waals surface area contributed by atoms with Crippen LogP contribution in [0.1, 0.15) is 11.1 Å². The number of benzene rings is 2. The first kappa shape index (κ1) is 25.6. The molecular formula is C17H10BrClF7N3O3. The number of hydrogen-bond donors (Lipinski definition) is 1. The van der Waals surface area contributed by atoms with Crippen LogP contribution in [-0.4, -0.2) is 29.3 Å². The number of nitro benzene ring substituents is 1. The van der Waals surface area contributed by atoms with Gasteiger partial charge in [-0.1, -0.05) is 23.7 Å². The van der Waals surface area contributed by atoms with Crippen molar-refractivity contribution >= 4 is 39.4 Å². The molecule has 174 valence electrons. The molecule has 2 aromatic carbocycles. The molecule has 0 unspecified atom stereocenters. The molecule has 0 aliphatic heterocycles. The van der Waals surface area contributed by atoms with Gasteiger partial charge in [0.1, 0.15) is 6.61 Å². The van der Waals surface area contributed by atoms with Gasteiger partial charge in [0, 0.05) is 16.7 Å². The minimum atomic E-state index is -6.54. The van der Waals surface area contributed by atoms with Crippen molar-refractivity contribution in [3.63, 3.8) is 0 Å². The third-order valence-corrected chi connectivity index (χ3v) is 4.51. The van der Waals surface area contributed by atoms with Crippen molar-refractivity contribution in [2.75, 3.05) is 0 Å². The number of halogens is 9. The number of alkyl halides is 7. The molecular weight excluding hydrogens is 543 g/mol. The zero-order valence-corrected chi connectivity index (χ0v) is 17.6. The van der Waals surface area contributed by atoms with Crippen LogP contribution in [0, 0.1) is 10.1 Å². The van der Waals surface area contributed by atoms with Crippen LogP contribution >= 0.6 is 27.5 Å². The number of hydrogen-bond acceptors (Lipinski definition) is 5. The van der Waals surface area contributed by atoms with Crippen molar-refractivity contribution in [1.29, 1.82) is 0 Å². The molecule has 0 spiro atoms. The highest BCUT2D eigenvalue weighted by Gasteiger charge is 2.73. The summed E-state index contributed by atoms with van der Waals surface area (Å²) in [5.74, 6) is -6.67. The first-order chi connectivity index (χ1) is 14.7. The van der Waals surface area contributed by atoms with Crippen LogP contribution < -0.4 is 10.2 Å². The van der Waals surface area contributed by atoms with E-state index in [1.54, 1.807) is 24.3 Å². The van der Waals surface area contributed by atoms with E-state index in [4.69, 9.17) is 16.3 Å². The van der Waals surface area contributed by atoms with E-state index in [2.05, 4.69) is 21.0 Å². The van der Waals surface area contributed by atoms with Gasteiger partial charge < -0.3 is 4.74 Å². The monoisotopic (exact) mass is 551 g/mol. The summed E-state index contributed by atoms with van der Waals surface area (Å²) in [7, 11) is 0. The van der Waals surface area contributed by atoms with E-state index >= 15 is 0 Å². The van der Waals surface area contributed by atoms with E-state index in [1.807, 2.05) is 0 Å². The van der Waals surface area contributed by atoms with Gasteiger partial charge in [-0.05, 0) is 39.7 Å². The molecule has 1 N–H and O–H groups in total. The molecule has 15 heteroatoms. The average Bonchev–Trinajstić information content (AvgIpc) is 2.65. The molecule has 0 aromatic heterocycles. The number of ether oxygens (including phenoxy) is 1. The number of nitrogens with one attached hydrogen (secondary N) is 1. The highest BCUT2D eigenvalue weighted by atomic mass is 79.9. The maximum Gasteiger partial charge on any atom is 0.462 e. The summed E-state index contributed by atoms with van der Waals surface area (Å²) in [6.07, 6.45) is -6.14. The zero-order valence-electron chi connectivity index (χ0n) is 15.3. The summed E-state index contributed by atoms with van der Waals surface area (Å²) in [6, 6.07) is 2.51. The van der Waals surface area contributed by atoms with Gasteiger partial charge in [-0.3, -0.25) is 10.1 Å². The Morgan fingerprint density at radius 1 is 1.16 bits per heavy atom. The maximum atomic E-state index is 13.2. The maximum absolute atomic E-state index is 13.2. The number of nitro groups is 1. The summed E-state index contributed by atoms with van der Waals surface area (Å²) in [6.45, 7) is -0.131. The molecule has 0 heterocycles. The largest absolute Gasteiger partial charge is 0.481 e. The standard InChI is InChI=1S/C17H10BrClF7N3O3/c18-12-5-10(7-27-28-17(25,26)15(20,21)16(22,23)24)6-13(29(30)31)14(12)32-8-9-2-1-3-11(19)4-9/h1-7,28H,8H2/b27-7-. The van der Waals surface area contributed by atoms with Crippen molar-refractivity contribution in [1.82, 2.24) is 5.43 Å². The van der Waals surface area contributed by atoms with E-state index in [0.29, 0.717) is 22.2 Å². The predicted octanol–water partition coefficient (Wildman–Crippen LogP) is 6.30. The van der Waals surface area contributed by atoms with Crippen molar-refractivity contribution in [2.24, 2.45) is 5.10 Å². The molecule has 0 saturated carbocycles. The number of rotatable bonds is 8. The summed E-state index contributed by atoms with van der Waals surface area (Å²) >= 11 is 8.83. The Balaban J connectivity index is 2.24. The molecule has 2 aromatic rings. The molecule has 0 radical (unpaired) electrons. The van der Waals surface area contributed by atoms with E-state index in [-0.39, 0.29) is 22.4 Å². The Hall–Kier alpha value is -2.61. The van der Waals surface area contributed by atoms with E-state index < -0.39 is 28.8 Å². The van der Waals surface area contributed by atoms with Gasteiger partial charge in [0.25, 0.3) is 0 Å². The van der Waals surface area contributed by atoms with Crippen molar-refractivity contribution in [3.05, 3.63) is 67.1 Å². The summed E-state index contributed by atoms with van der Waals surface area (Å²) in [5, 5.41) is 14.4. The first-order valence-electron chi connectivity index (χ1n) is 8.13. The average molecular weight is 553 g/mol. The predicted molar refractivity (Wildman–Crippen MR) is 103 cm³/mol. The first-order valence-corrected chi connectivity index (χ1v) is 9.30. The van der Waals surface area contributed by atoms with Crippen molar-refractivity contribution in [2.45, 2.75) is 24.8 Å². The molecule has 2 rings (SSSR count). The summed E-state index contributed by atoms with van der Waals surface area (Å²) in [4.78, 5) is 10.5. The molecule has 0 fully saturated rings. The fraction of sp³-hybridized carbons (Fsp3) is 0.235. The number of hydrazone groups is 1. The van der Waals surface area contributed by atoms with Crippen LogP contribution in [0.2, 0.25) is 5.02 Å². The van der Waals surface area contributed by atoms with Gasteiger partial charge in [0.2, 0.25) is 5.75 Å². The fourth-order valence-electron chi connectivity index (χ4n) is 2.17. The normalized spacial score (nSPS) is 12.8. The van der Waals surface area contributed by atoms with Gasteiger partial charge in [-0.15, -0.1) is 0 Å². The Morgan fingerprint density at radius 3 is 2.38 bits per heavy atom. The summed E-state index contributed by atoms with van der Waals surface area (Å²) < 4.78 is 93.8. The van der Waals surface area contributed by atoms with Crippen LogP contribution in [-0.2, 0) is 6.61 Å². The Kier molecular flexibility index (Phi) is 7.60. The van der Waals surface area contributed by atoms with Crippen LogP contribution in [0.3, 0.4) is 0 Å². The Labute approximate surface area is 188 Å². The van der Waals surface area contributed by atoms with Gasteiger partial charge in [0.05, 0.1) is 15.6 Å². The van der Waals surface area contributed by atoms with Gasteiger partial charge >= 0.3 is 23.8 Å². The molecule has 0 bridgehead atoms. The highest BCUT2D eigenvalue weighted by molar-refractivity contribution is 9.10.